The lowest BCUT2D eigenvalue weighted by atomic mass is 10.7. The fourth-order valence-electron chi connectivity index (χ4n) is 0.619. The largest absolute Gasteiger partial charge is 0.241 e. The second-order valence-corrected chi connectivity index (χ2v) is 3.26. The van der Waals surface area contributed by atoms with E-state index in [1.165, 1.54) is 24.3 Å². The Balaban J connectivity index is 5.51. The Hall–Kier alpha value is -2.52. The Labute approximate surface area is 98.1 Å². The van der Waals surface area contributed by atoms with E-state index in [1.54, 1.807) is 0 Å². The van der Waals surface area contributed by atoms with Gasteiger partial charge in [0.2, 0.25) is 24.3 Å². The number of rotatable bonds is 4. The van der Waals surface area contributed by atoms with Gasteiger partial charge in [0, 0.05) is 0 Å². The molecule has 0 aliphatic carbocycles. The van der Waals surface area contributed by atoms with E-state index in [4.69, 9.17) is 0 Å². The number of hydrogen-bond acceptors (Lipinski definition) is 6. The van der Waals surface area contributed by atoms with Gasteiger partial charge in [-0.3, -0.25) is 0 Å². The molecule has 0 rings (SSSR count). The van der Waals surface area contributed by atoms with Crippen molar-refractivity contribution in [2.24, 2.45) is 20.0 Å². The molecular formula is C8H4N4O4S. The van der Waals surface area contributed by atoms with Crippen LogP contribution in [-0.4, -0.2) is 47.4 Å². The molecule has 0 aliphatic heterocycles. The highest BCUT2D eigenvalue weighted by Crippen LogP contribution is 1.91. The van der Waals surface area contributed by atoms with E-state index >= 15 is 0 Å². The molecule has 86 valence electrons. The van der Waals surface area contributed by atoms with Crippen LogP contribution < -0.4 is 0 Å². The zero-order valence-corrected chi connectivity index (χ0v) is 9.06. The van der Waals surface area contributed by atoms with Crippen molar-refractivity contribution in [1.29, 1.82) is 0 Å². The molecule has 9 heteroatoms. The van der Waals surface area contributed by atoms with Gasteiger partial charge in [0.05, 0.1) is 0 Å². The fraction of sp³-hybridized carbons (Fsp3) is 0.250. The standard InChI is InChI=1S/C8H4N4O4S/c13-3-9-1-7(11-5-15)17-8(12-6-16)2-10-4-14/h1-2H2. The van der Waals surface area contributed by atoms with Gasteiger partial charge in [-0.05, 0) is 0 Å². The predicted molar refractivity (Wildman–Crippen MR) is 59.8 cm³/mol. The third-order valence-corrected chi connectivity index (χ3v) is 2.05. The summed E-state index contributed by atoms with van der Waals surface area (Å²) in [4.78, 5) is 52.9. The molecule has 0 saturated carbocycles. The quantitative estimate of drug-likeness (QED) is 0.374. The van der Waals surface area contributed by atoms with Crippen LogP contribution in [0.1, 0.15) is 0 Å². The van der Waals surface area contributed by atoms with Crippen LogP contribution in [0.25, 0.3) is 0 Å². The Kier molecular flexibility index (Phi) is 8.53. The van der Waals surface area contributed by atoms with E-state index in [2.05, 4.69) is 20.0 Å². The molecule has 0 atom stereocenters. The van der Waals surface area contributed by atoms with Crippen molar-refractivity contribution in [3.63, 3.8) is 0 Å². The number of carbonyl (C=O) groups excluding carboxylic acids is 4. The highest BCUT2D eigenvalue weighted by Gasteiger charge is 1.96. The van der Waals surface area contributed by atoms with Gasteiger partial charge in [-0.1, -0.05) is 10.9 Å². The van der Waals surface area contributed by atoms with E-state index in [-0.39, 0.29) is 23.1 Å². The van der Waals surface area contributed by atoms with E-state index < -0.39 is 0 Å². The third kappa shape index (κ3) is 7.41. The molecule has 0 bridgehead atoms. The van der Waals surface area contributed by atoms with Crippen molar-refractivity contribution >= 4 is 45.2 Å². The van der Waals surface area contributed by atoms with E-state index in [0.717, 1.165) is 10.9 Å². The lowest BCUT2D eigenvalue weighted by molar-refractivity contribution is 0.563. The highest BCUT2D eigenvalue weighted by molar-refractivity contribution is 7.98. The molecule has 0 heterocycles. The number of aliphatic imine (C=N–C) groups is 4. The monoisotopic (exact) mass is 252 g/mol. The Morgan fingerprint density at radius 3 is 1.47 bits per heavy atom. The van der Waals surface area contributed by atoms with Gasteiger partial charge in [-0.25, -0.2) is 19.2 Å². The third-order valence-electron chi connectivity index (χ3n) is 1.13. The van der Waals surface area contributed by atoms with Gasteiger partial charge in [0.25, 0.3) is 0 Å². The number of nitrogens with zero attached hydrogens (tertiary/aromatic N) is 4. The maximum atomic E-state index is 10.1. The smallest absolute Gasteiger partial charge is 0.211 e. The highest BCUT2D eigenvalue weighted by atomic mass is 32.1. The van der Waals surface area contributed by atoms with Gasteiger partial charge < -0.3 is 0 Å². The average Bonchev–Trinajstić information content (AvgIpc) is 2.33. The SMILES string of the molecule is O=C=NCC(N=C=O)=S=C(CN=C=O)N=C=O. The summed E-state index contributed by atoms with van der Waals surface area (Å²) in [6.45, 7) is -0.432. The summed E-state index contributed by atoms with van der Waals surface area (Å²) in [6.07, 6.45) is 5.00. The van der Waals surface area contributed by atoms with Gasteiger partial charge >= 0.3 is 0 Å². The molecule has 0 amide bonds. The number of hydrogen-bond donors (Lipinski definition) is 0. The summed E-state index contributed by atoms with van der Waals surface area (Å²) in [6, 6.07) is 0. The van der Waals surface area contributed by atoms with E-state index in [0.29, 0.717) is 0 Å². The Morgan fingerprint density at radius 2 is 1.18 bits per heavy atom. The molecule has 0 unspecified atom stereocenters. The predicted octanol–water partition coefficient (Wildman–Crippen LogP) is -0.677. The van der Waals surface area contributed by atoms with Crippen molar-refractivity contribution in [1.82, 2.24) is 0 Å². The molecule has 0 aromatic heterocycles. The minimum atomic E-state index is -0.216. The van der Waals surface area contributed by atoms with Crippen LogP contribution in [0.2, 0.25) is 0 Å². The fourth-order valence-corrected chi connectivity index (χ4v) is 1.31. The van der Waals surface area contributed by atoms with Gasteiger partial charge in [0.15, 0.2) is 0 Å². The molecule has 8 nitrogen and oxygen atoms in total. The summed E-state index contributed by atoms with van der Waals surface area (Å²) in [5.74, 6) is 0. The summed E-state index contributed by atoms with van der Waals surface area (Å²) in [5, 5.41) is 0. The first-order chi connectivity index (χ1) is 8.28. The molecule has 0 fully saturated rings. The number of isocyanates is 4. The first-order valence-corrected chi connectivity index (χ1v) is 4.72. The first-order valence-electron chi connectivity index (χ1n) is 3.91. The van der Waals surface area contributed by atoms with Crippen molar-refractivity contribution in [3.05, 3.63) is 0 Å². The van der Waals surface area contributed by atoms with Crippen LogP contribution in [0.5, 0.6) is 0 Å². The molecule has 0 radical (unpaired) electrons. The van der Waals surface area contributed by atoms with E-state index in [1.807, 2.05) is 0 Å². The maximum Gasteiger partial charge on any atom is 0.241 e. The molecule has 17 heavy (non-hydrogen) atoms. The molecule has 0 N–H and O–H groups in total. The minimum absolute atomic E-state index is 0.0541. The van der Waals surface area contributed by atoms with Crippen LogP contribution in [0.4, 0.5) is 0 Å². The molecule has 0 aromatic rings. The van der Waals surface area contributed by atoms with Gasteiger partial charge in [0.1, 0.15) is 23.1 Å². The zero-order valence-electron chi connectivity index (χ0n) is 8.24. The topological polar surface area (TPSA) is 118 Å². The Morgan fingerprint density at radius 1 is 0.765 bits per heavy atom. The Bertz CT molecular complexity index is 492. The van der Waals surface area contributed by atoms with Crippen molar-refractivity contribution in [2.45, 2.75) is 0 Å². The molecular weight excluding hydrogens is 248 g/mol. The summed E-state index contributed by atoms with van der Waals surface area (Å²) >= 11 is 0. The maximum absolute atomic E-state index is 10.1. The molecule has 0 aliphatic rings. The van der Waals surface area contributed by atoms with Gasteiger partial charge in [-0.15, -0.1) is 0 Å². The van der Waals surface area contributed by atoms with Crippen molar-refractivity contribution in [3.8, 4) is 0 Å². The minimum Gasteiger partial charge on any atom is -0.211 e. The second kappa shape index (κ2) is 10.0. The van der Waals surface area contributed by atoms with Crippen LogP contribution >= 0.6 is 10.9 Å². The van der Waals surface area contributed by atoms with Crippen LogP contribution in [-0.2, 0) is 19.2 Å². The van der Waals surface area contributed by atoms with E-state index in [9.17, 15) is 19.2 Å². The zero-order chi connectivity index (χ0) is 12.9. The lowest BCUT2D eigenvalue weighted by Crippen LogP contribution is -2.00. The van der Waals surface area contributed by atoms with Crippen LogP contribution in [0, 0.1) is 0 Å². The summed E-state index contributed by atoms with van der Waals surface area (Å²) < 4.78 is 0. The van der Waals surface area contributed by atoms with Crippen molar-refractivity contribution < 1.29 is 19.2 Å². The molecule has 0 spiro atoms. The average molecular weight is 252 g/mol. The lowest BCUT2D eigenvalue weighted by Gasteiger charge is -1.89. The van der Waals surface area contributed by atoms with Crippen molar-refractivity contribution in [2.75, 3.05) is 13.1 Å². The summed E-state index contributed by atoms with van der Waals surface area (Å²) in [7, 11) is 0.749. The second-order valence-electron chi connectivity index (χ2n) is 2.11. The summed E-state index contributed by atoms with van der Waals surface area (Å²) in [5.41, 5.74) is 0. The van der Waals surface area contributed by atoms with Crippen LogP contribution in [0.15, 0.2) is 20.0 Å². The molecule has 0 aromatic carbocycles. The normalized spacial score (nSPS) is 7.29. The van der Waals surface area contributed by atoms with Crippen LogP contribution in [0.3, 0.4) is 0 Å². The molecule has 0 saturated heterocycles. The first kappa shape index (κ1) is 14.5. The van der Waals surface area contributed by atoms with Gasteiger partial charge in [-0.2, -0.15) is 20.0 Å².